The first kappa shape index (κ1) is 13.0. The highest BCUT2D eigenvalue weighted by Crippen LogP contribution is 2.27. The Morgan fingerprint density at radius 1 is 1.39 bits per heavy atom. The predicted octanol–water partition coefficient (Wildman–Crippen LogP) is 2.22. The molecule has 2 aromatic rings. The minimum atomic E-state index is -0.0994. The lowest BCUT2D eigenvalue weighted by Gasteiger charge is -2.13. The SMILES string of the molecule is COc1cnn(C)c1C(N)CSc1ccccc1. The van der Waals surface area contributed by atoms with E-state index in [0.717, 1.165) is 17.2 Å². The highest BCUT2D eigenvalue weighted by molar-refractivity contribution is 7.99. The third kappa shape index (κ3) is 2.86. The number of methoxy groups -OCH3 is 1. The molecule has 1 aromatic carbocycles. The highest BCUT2D eigenvalue weighted by Gasteiger charge is 2.17. The van der Waals surface area contributed by atoms with Crippen LogP contribution in [0.5, 0.6) is 5.75 Å². The fourth-order valence-electron chi connectivity index (χ4n) is 1.79. The average Bonchev–Trinajstić information content (AvgIpc) is 2.78. The Kier molecular flexibility index (Phi) is 4.28. The molecule has 2 rings (SSSR count). The summed E-state index contributed by atoms with van der Waals surface area (Å²) in [7, 11) is 3.52. The Balaban J connectivity index is 2.03. The molecule has 96 valence electrons. The molecule has 0 amide bonds. The van der Waals surface area contributed by atoms with E-state index in [1.165, 1.54) is 4.90 Å². The molecule has 18 heavy (non-hydrogen) atoms. The molecular weight excluding hydrogens is 246 g/mol. The normalized spacial score (nSPS) is 12.4. The summed E-state index contributed by atoms with van der Waals surface area (Å²) in [5.74, 6) is 1.54. The van der Waals surface area contributed by atoms with Crippen LogP contribution in [-0.4, -0.2) is 22.6 Å². The Morgan fingerprint density at radius 2 is 2.11 bits per heavy atom. The number of hydrogen-bond donors (Lipinski definition) is 1. The molecule has 1 heterocycles. The number of benzene rings is 1. The molecule has 1 aromatic heterocycles. The van der Waals surface area contributed by atoms with Crippen LogP contribution in [0.25, 0.3) is 0 Å². The molecule has 0 radical (unpaired) electrons. The first-order valence-corrected chi connectivity index (χ1v) is 6.70. The van der Waals surface area contributed by atoms with E-state index in [1.54, 1.807) is 29.8 Å². The largest absolute Gasteiger partial charge is 0.493 e. The van der Waals surface area contributed by atoms with E-state index in [4.69, 9.17) is 10.5 Å². The van der Waals surface area contributed by atoms with E-state index in [1.807, 2.05) is 25.2 Å². The van der Waals surface area contributed by atoms with Crippen molar-refractivity contribution in [3.05, 3.63) is 42.2 Å². The predicted molar refractivity (Wildman–Crippen MR) is 73.9 cm³/mol. The van der Waals surface area contributed by atoms with Gasteiger partial charge in [-0.1, -0.05) is 18.2 Å². The van der Waals surface area contributed by atoms with Gasteiger partial charge in [-0.2, -0.15) is 5.10 Å². The van der Waals surface area contributed by atoms with Crippen molar-refractivity contribution >= 4 is 11.8 Å². The molecule has 1 unspecified atom stereocenters. The third-order valence-electron chi connectivity index (χ3n) is 2.69. The number of nitrogens with zero attached hydrogens (tertiary/aromatic N) is 2. The van der Waals surface area contributed by atoms with Gasteiger partial charge in [-0.3, -0.25) is 4.68 Å². The number of rotatable bonds is 5. The molecular formula is C13H17N3OS. The zero-order valence-corrected chi connectivity index (χ0v) is 11.4. The van der Waals surface area contributed by atoms with Crippen LogP contribution in [0.1, 0.15) is 11.7 Å². The van der Waals surface area contributed by atoms with E-state index < -0.39 is 0 Å². The summed E-state index contributed by atoms with van der Waals surface area (Å²) in [6.07, 6.45) is 1.70. The van der Waals surface area contributed by atoms with E-state index in [-0.39, 0.29) is 6.04 Å². The van der Waals surface area contributed by atoms with Crippen molar-refractivity contribution in [2.45, 2.75) is 10.9 Å². The van der Waals surface area contributed by atoms with Crippen LogP contribution >= 0.6 is 11.8 Å². The number of hydrogen-bond acceptors (Lipinski definition) is 4. The first-order chi connectivity index (χ1) is 8.72. The van der Waals surface area contributed by atoms with Gasteiger partial charge in [0, 0.05) is 17.7 Å². The van der Waals surface area contributed by atoms with Crippen molar-refractivity contribution in [2.24, 2.45) is 12.8 Å². The maximum absolute atomic E-state index is 6.20. The topological polar surface area (TPSA) is 53.1 Å². The van der Waals surface area contributed by atoms with Gasteiger partial charge >= 0.3 is 0 Å². The minimum absolute atomic E-state index is 0.0994. The molecule has 0 saturated heterocycles. The monoisotopic (exact) mass is 263 g/mol. The van der Waals surface area contributed by atoms with Gasteiger partial charge in [0.15, 0.2) is 5.75 Å². The van der Waals surface area contributed by atoms with Crippen molar-refractivity contribution < 1.29 is 4.74 Å². The van der Waals surface area contributed by atoms with Crippen molar-refractivity contribution in [1.29, 1.82) is 0 Å². The standard InChI is InChI=1S/C13H17N3OS/c1-16-13(12(17-2)8-15-16)11(14)9-18-10-6-4-3-5-7-10/h3-8,11H,9,14H2,1-2H3. The fourth-order valence-corrected chi connectivity index (χ4v) is 2.67. The zero-order valence-electron chi connectivity index (χ0n) is 10.5. The number of thioether (sulfide) groups is 1. The summed E-state index contributed by atoms with van der Waals surface area (Å²) in [4.78, 5) is 1.22. The van der Waals surface area contributed by atoms with Crippen molar-refractivity contribution in [3.8, 4) is 5.75 Å². The second-order valence-corrected chi connectivity index (χ2v) is 5.05. The lowest BCUT2D eigenvalue weighted by molar-refractivity contribution is 0.405. The lowest BCUT2D eigenvalue weighted by atomic mass is 10.2. The second kappa shape index (κ2) is 5.93. The van der Waals surface area contributed by atoms with Gasteiger partial charge in [0.2, 0.25) is 0 Å². The average molecular weight is 263 g/mol. The molecule has 0 spiro atoms. The van der Waals surface area contributed by atoms with Crippen LogP contribution in [0.4, 0.5) is 0 Å². The van der Waals surface area contributed by atoms with Gasteiger partial charge in [-0.25, -0.2) is 0 Å². The molecule has 4 nitrogen and oxygen atoms in total. The molecule has 0 aliphatic carbocycles. The Bertz CT molecular complexity index is 498. The first-order valence-electron chi connectivity index (χ1n) is 5.71. The smallest absolute Gasteiger partial charge is 0.161 e. The van der Waals surface area contributed by atoms with E-state index >= 15 is 0 Å². The van der Waals surface area contributed by atoms with Gasteiger partial charge in [-0.05, 0) is 12.1 Å². The van der Waals surface area contributed by atoms with Crippen LogP contribution in [0, 0.1) is 0 Å². The van der Waals surface area contributed by atoms with Gasteiger partial charge in [0.25, 0.3) is 0 Å². The maximum Gasteiger partial charge on any atom is 0.161 e. The summed E-state index contributed by atoms with van der Waals surface area (Å²) in [6, 6.07) is 10.1. The summed E-state index contributed by atoms with van der Waals surface area (Å²) >= 11 is 1.73. The van der Waals surface area contributed by atoms with Gasteiger partial charge < -0.3 is 10.5 Å². The summed E-state index contributed by atoms with van der Waals surface area (Å²) < 4.78 is 7.04. The molecule has 2 N–H and O–H groups in total. The molecule has 0 fully saturated rings. The number of nitrogens with two attached hydrogens (primary N) is 1. The quantitative estimate of drug-likeness (QED) is 0.840. The summed E-state index contributed by atoms with van der Waals surface area (Å²) in [5.41, 5.74) is 7.13. The number of aryl methyl sites for hydroxylation is 1. The van der Waals surface area contributed by atoms with Crippen LogP contribution < -0.4 is 10.5 Å². The van der Waals surface area contributed by atoms with Gasteiger partial charge in [-0.15, -0.1) is 11.8 Å². The Morgan fingerprint density at radius 3 is 2.78 bits per heavy atom. The molecule has 5 heteroatoms. The summed E-state index contributed by atoms with van der Waals surface area (Å²) in [6.45, 7) is 0. The molecule has 0 aliphatic heterocycles. The summed E-state index contributed by atoms with van der Waals surface area (Å²) in [5, 5.41) is 4.17. The van der Waals surface area contributed by atoms with E-state index in [2.05, 4.69) is 17.2 Å². The number of aromatic nitrogens is 2. The molecule has 1 atom stereocenters. The Hall–Kier alpha value is -1.46. The van der Waals surface area contributed by atoms with Crippen molar-refractivity contribution in [3.63, 3.8) is 0 Å². The lowest BCUT2D eigenvalue weighted by Crippen LogP contribution is -2.17. The maximum atomic E-state index is 6.20. The number of ether oxygens (including phenoxy) is 1. The van der Waals surface area contributed by atoms with Gasteiger partial charge in [0.1, 0.15) is 0 Å². The molecule has 0 saturated carbocycles. The third-order valence-corrected chi connectivity index (χ3v) is 3.82. The zero-order chi connectivity index (χ0) is 13.0. The van der Waals surface area contributed by atoms with Gasteiger partial charge in [0.05, 0.1) is 25.0 Å². The van der Waals surface area contributed by atoms with Crippen LogP contribution in [0.3, 0.4) is 0 Å². The van der Waals surface area contributed by atoms with Crippen molar-refractivity contribution in [1.82, 2.24) is 9.78 Å². The molecule has 0 bridgehead atoms. The Labute approximate surface area is 111 Å². The van der Waals surface area contributed by atoms with Crippen LogP contribution in [0.2, 0.25) is 0 Å². The van der Waals surface area contributed by atoms with E-state index in [9.17, 15) is 0 Å². The minimum Gasteiger partial charge on any atom is -0.493 e. The van der Waals surface area contributed by atoms with Crippen LogP contribution in [0.15, 0.2) is 41.4 Å². The highest BCUT2D eigenvalue weighted by atomic mass is 32.2. The van der Waals surface area contributed by atoms with E-state index in [0.29, 0.717) is 0 Å². The van der Waals surface area contributed by atoms with Crippen LogP contribution in [-0.2, 0) is 7.05 Å². The fraction of sp³-hybridized carbons (Fsp3) is 0.308. The van der Waals surface area contributed by atoms with Crippen molar-refractivity contribution in [2.75, 3.05) is 12.9 Å². The molecule has 0 aliphatic rings. The second-order valence-electron chi connectivity index (χ2n) is 3.95.